The fourth-order valence-electron chi connectivity index (χ4n) is 1.49. The highest BCUT2D eigenvalue weighted by Crippen LogP contribution is 2.22. The Balaban J connectivity index is 2.42. The van der Waals surface area contributed by atoms with Gasteiger partial charge in [-0.2, -0.15) is 0 Å². The van der Waals surface area contributed by atoms with Crippen molar-refractivity contribution < 1.29 is 4.79 Å². The minimum atomic E-state index is 0.171. The van der Waals surface area contributed by atoms with E-state index in [2.05, 4.69) is 6.92 Å². The number of carbonyl (C=O) groups is 1. The molecule has 1 aliphatic heterocycles. The van der Waals surface area contributed by atoms with E-state index < -0.39 is 0 Å². The van der Waals surface area contributed by atoms with Crippen molar-refractivity contribution >= 4 is 5.91 Å². The topological polar surface area (TPSA) is 20.3 Å². The molecule has 0 aromatic rings. The number of rotatable bonds is 2. The Morgan fingerprint density at radius 1 is 1.64 bits per heavy atom. The summed E-state index contributed by atoms with van der Waals surface area (Å²) in [6, 6.07) is 0.546. The van der Waals surface area contributed by atoms with Gasteiger partial charge in [0.1, 0.15) is 0 Å². The van der Waals surface area contributed by atoms with E-state index in [4.69, 9.17) is 0 Å². The monoisotopic (exact) mass is 155 g/mol. The molecular weight excluding hydrogens is 138 g/mol. The maximum absolute atomic E-state index is 11.4. The third kappa shape index (κ3) is 1.55. The quantitative estimate of drug-likeness (QED) is 0.594. The van der Waals surface area contributed by atoms with Crippen LogP contribution < -0.4 is 0 Å². The number of carbonyl (C=O) groups excluding carboxylic acids is 1. The minimum absolute atomic E-state index is 0.171. The lowest BCUT2D eigenvalue weighted by atomic mass is 9.98. The zero-order valence-electron chi connectivity index (χ0n) is 7.63. The molecule has 1 atom stereocenters. The predicted octanol–water partition coefficient (Wildman–Crippen LogP) is 1.65. The molecular formula is C9H17NO. The fraction of sp³-hybridized carbons (Fsp3) is 0.889. The third-order valence-corrected chi connectivity index (χ3v) is 2.39. The maximum Gasteiger partial charge on any atom is 0.225 e. The van der Waals surface area contributed by atoms with Crippen LogP contribution in [0, 0.1) is 5.92 Å². The van der Waals surface area contributed by atoms with Gasteiger partial charge in [0.05, 0.1) is 0 Å². The van der Waals surface area contributed by atoms with Crippen LogP contribution in [0.1, 0.15) is 33.6 Å². The van der Waals surface area contributed by atoms with E-state index >= 15 is 0 Å². The van der Waals surface area contributed by atoms with Crippen molar-refractivity contribution in [3.05, 3.63) is 0 Å². The van der Waals surface area contributed by atoms with Crippen LogP contribution in [-0.2, 0) is 4.79 Å². The molecule has 1 saturated heterocycles. The normalized spacial score (nSPS) is 23.6. The van der Waals surface area contributed by atoms with Crippen LogP contribution in [0.2, 0.25) is 0 Å². The van der Waals surface area contributed by atoms with Crippen molar-refractivity contribution in [1.82, 2.24) is 4.90 Å². The van der Waals surface area contributed by atoms with Gasteiger partial charge in [0.25, 0.3) is 0 Å². The second-order valence-corrected chi connectivity index (χ2v) is 3.54. The first kappa shape index (κ1) is 8.57. The van der Waals surface area contributed by atoms with Crippen LogP contribution >= 0.6 is 0 Å². The summed E-state index contributed by atoms with van der Waals surface area (Å²) in [5.74, 6) is 0.493. The highest BCUT2D eigenvalue weighted by Gasteiger charge is 2.31. The van der Waals surface area contributed by atoms with E-state index in [1.807, 2.05) is 18.7 Å². The Hall–Kier alpha value is -0.530. The standard InChI is InChI=1S/C9H17NO/c1-4-8-5-6-10(8)9(11)7(2)3/h7-8H,4-6H2,1-3H3. The average molecular weight is 155 g/mol. The Bertz CT molecular complexity index is 152. The molecule has 11 heavy (non-hydrogen) atoms. The molecule has 1 rings (SSSR count). The lowest BCUT2D eigenvalue weighted by Gasteiger charge is -2.41. The van der Waals surface area contributed by atoms with Gasteiger partial charge in [0, 0.05) is 18.5 Å². The van der Waals surface area contributed by atoms with Crippen molar-refractivity contribution in [2.24, 2.45) is 5.92 Å². The molecule has 0 aromatic carbocycles. The van der Waals surface area contributed by atoms with Crippen molar-refractivity contribution in [3.63, 3.8) is 0 Å². The molecule has 0 N–H and O–H groups in total. The lowest BCUT2D eigenvalue weighted by Crippen LogP contribution is -2.52. The van der Waals surface area contributed by atoms with Gasteiger partial charge in [0.15, 0.2) is 0 Å². The number of likely N-dealkylation sites (tertiary alicyclic amines) is 1. The van der Waals surface area contributed by atoms with Gasteiger partial charge < -0.3 is 4.90 Å². The summed E-state index contributed by atoms with van der Waals surface area (Å²) >= 11 is 0. The van der Waals surface area contributed by atoms with Crippen molar-refractivity contribution in [2.45, 2.75) is 39.7 Å². The largest absolute Gasteiger partial charge is 0.339 e. The molecule has 2 heteroatoms. The van der Waals surface area contributed by atoms with Crippen LogP contribution in [-0.4, -0.2) is 23.4 Å². The minimum Gasteiger partial charge on any atom is -0.339 e. The Labute approximate surface area is 68.6 Å². The van der Waals surface area contributed by atoms with Gasteiger partial charge in [-0.3, -0.25) is 4.79 Å². The van der Waals surface area contributed by atoms with E-state index in [1.54, 1.807) is 0 Å². The van der Waals surface area contributed by atoms with Crippen LogP contribution in [0.15, 0.2) is 0 Å². The fourth-order valence-corrected chi connectivity index (χ4v) is 1.49. The van der Waals surface area contributed by atoms with Crippen molar-refractivity contribution in [1.29, 1.82) is 0 Å². The highest BCUT2D eigenvalue weighted by molar-refractivity contribution is 5.79. The van der Waals surface area contributed by atoms with Gasteiger partial charge in [0.2, 0.25) is 5.91 Å². The molecule has 1 amide bonds. The summed E-state index contributed by atoms with van der Waals surface area (Å²) in [6.07, 6.45) is 2.31. The van der Waals surface area contributed by atoms with E-state index in [0.717, 1.165) is 13.0 Å². The summed E-state index contributed by atoms with van der Waals surface area (Å²) in [7, 11) is 0. The van der Waals surface area contributed by atoms with Gasteiger partial charge in [-0.15, -0.1) is 0 Å². The van der Waals surface area contributed by atoms with Crippen LogP contribution in [0.3, 0.4) is 0 Å². The number of amides is 1. The molecule has 0 radical (unpaired) electrons. The van der Waals surface area contributed by atoms with Gasteiger partial charge in [-0.1, -0.05) is 20.8 Å². The number of hydrogen-bond acceptors (Lipinski definition) is 1. The molecule has 0 saturated carbocycles. The van der Waals surface area contributed by atoms with E-state index in [9.17, 15) is 4.79 Å². The Morgan fingerprint density at radius 2 is 2.27 bits per heavy atom. The maximum atomic E-state index is 11.4. The molecule has 0 aromatic heterocycles. The molecule has 1 unspecified atom stereocenters. The first-order chi connectivity index (χ1) is 5.16. The summed E-state index contributed by atoms with van der Waals surface area (Å²) in [5, 5.41) is 0. The van der Waals surface area contributed by atoms with Crippen LogP contribution in [0.5, 0.6) is 0 Å². The molecule has 0 bridgehead atoms. The van der Waals surface area contributed by atoms with Crippen LogP contribution in [0.25, 0.3) is 0 Å². The van der Waals surface area contributed by atoms with Crippen molar-refractivity contribution in [3.8, 4) is 0 Å². The second-order valence-electron chi connectivity index (χ2n) is 3.54. The summed E-state index contributed by atoms with van der Waals surface area (Å²) in [5.41, 5.74) is 0. The first-order valence-corrected chi connectivity index (χ1v) is 4.47. The average Bonchev–Trinajstić information content (AvgIpc) is 1.86. The Morgan fingerprint density at radius 3 is 2.55 bits per heavy atom. The molecule has 1 aliphatic rings. The zero-order chi connectivity index (χ0) is 8.43. The molecule has 1 heterocycles. The highest BCUT2D eigenvalue weighted by atomic mass is 16.2. The van der Waals surface area contributed by atoms with E-state index in [1.165, 1.54) is 6.42 Å². The van der Waals surface area contributed by atoms with E-state index in [0.29, 0.717) is 11.9 Å². The lowest BCUT2D eigenvalue weighted by molar-refractivity contribution is -0.142. The smallest absolute Gasteiger partial charge is 0.225 e. The van der Waals surface area contributed by atoms with E-state index in [-0.39, 0.29) is 5.92 Å². The zero-order valence-corrected chi connectivity index (χ0v) is 7.63. The summed E-state index contributed by atoms with van der Waals surface area (Å²) in [4.78, 5) is 13.4. The van der Waals surface area contributed by atoms with Crippen LogP contribution in [0.4, 0.5) is 0 Å². The summed E-state index contributed by atoms with van der Waals surface area (Å²) in [6.45, 7) is 7.06. The Kier molecular flexibility index (Phi) is 2.53. The number of hydrogen-bond donors (Lipinski definition) is 0. The molecule has 0 spiro atoms. The molecule has 1 fully saturated rings. The van der Waals surface area contributed by atoms with Crippen molar-refractivity contribution in [2.75, 3.05) is 6.54 Å². The summed E-state index contributed by atoms with van der Waals surface area (Å²) < 4.78 is 0. The van der Waals surface area contributed by atoms with Gasteiger partial charge in [-0.25, -0.2) is 0 Å². The first-order valence-electron chi connectivity index (χ1n) is 4.47. The van der Waals surface area contributed by atoms with Gasteiger partial charge in [-0.05, 0) is 12.8 Å². The second kappa shape index (κ2) is 3.24. The predicted molar refractivity (Wildman–Crippen MR) is 45.2 cm³/mol. The SMILES string of the molecule is CCC1CCN1C(=O)C(C)C. The third-order valence-electron chi connectivity index (χ3n) is 2.39. The molecule has 64 valence electrons. The van der Waals surface area contributed by atoms with Gasteiger partial charge >= 0.3 is 0 Å². The molecule has 2 nitrogen and oxygen atoms in total. The number of nitrogens with zero attached hydrogens (tertiary/aromatic N) is 1. The molecule has 0 aliphatic carbocycles.